The van der Waals surface area contributed by atoms with E-state index in [4.69, 9.17) is 0 Å². The van der Waals surface area contributed by atoms with Gasteiger partial charge >= 0.3 is 0 Å². The molecule has 0 saturated carbocycles. The van der Waals surface area contributed by atoms with Crippen molar-refractivity contribution < 1.29 is 0 Å². The number of aryl methyl sites for hydroxylation is 1. The first-order chi connectivity index (χ1) is 9.66. The third-order valence-corrected chi connectivity index (χ3v) is 4.27. The lowest BCUT2D eigenvalue weighted by atomic mass is 10.1. The van der Waals surface area contributed by atoms with Gasteiger partial charge in [-0.25, -0.2) is 0 Å². The van der Waals surface area contributed by atoms with Crippen LogP contribution >= 0.6 is 22.6 Å². The molecule has 0 N–H and O–H groups in total. The molecule has 0 fully saturated rings. The summed E-state index contributed by atoms with van der Waals surface area (Å²) in [7, 11) is 2.10. The Kier molecular flexibility index (Phi) is 3.61. The Morgan fingerprint density at radius 2 is 1.90 bits per heavy atom. The summed E-state index contributed by atoms with van der Waals surface area (Å²) in [6.07, 6.45) is 1.98. The minimum atomic E-state index is 0.990. The highest BCUT2D eigenvalue weighted by molar-refractivity contribution is 14.1. The highest BCUT2D eigenvalue weighted by Crippen LogP contribution is 2.24. The largest absolute Gasteiger partial charge is 0.347 e. The van der Waals surface area contributed by atoms with E-state index in [0.717, 1.165) is 5.69 Å². The number of aromatic nitrogens is 1. The maximum Gasteiger partial charge on any atom is 0.0640 e. The second-order valence-electron chi connectivity index (χ2n) is 4.81. The van der Waals surface area contributed by atoms with Crippen molar-refractivity contribution in [3.05, 3.63) is 63.4 Å². The van der Waals surface area contributed by atoms with Crippen LogP contribution < -0.4 is 0 Å². The zero-order valence-electron chi connectivity index (χ0n) is 11.5. The van der Waals surface area contributed by atoms with Crippen molar-refractivity contribution in [1.29, 1.82) is 0 Å². The summed E-state index contributed by atoms with van der Waals surface area (Å²) in [5.74, 6) is 0. The van der Waals surface area contributed by atoms with Gasteiger partial charge in [-0.05, 0) is 53.8 Å². The molecular weight excluding hydrogens is 359 g/mol. The van der Waals surface area contributed by atoms with Crippen LogP contribution in [-0.2, 0) is 7.05 Å². The van der Waals surface area contributed by atoms with Gasteiger partial charge in [0.25, 0.3) is 0 Å². The summed E-state index contributed by atoms with van der Waals surface area (Å²) in [4.78, 5) is 4.62. The number of rotatable bonds is 2. The summed E-state index contributed by atoms with van der Waals surface area (Å²) in [5.41, 5.74) is 4.67. The van der Waals surface area contributed by atoms with E-state index in [9.17, 15) is 0 Å². The van der Waals surface area contributed by atoms with Gasteiger partial charge in [-0.15, -0.1) is 0 Å². The summed E-state index contributed by atoms with van der Waals surface area (Å²) >= 11 is 2.31. The molecular formula is C17H15IN2. The van der Waals surface area contributed by atoms with E-state index in [0.29, 0.717) is 0 Å². The van der Waals surface area contributed by atoms with E-state index in [2.05, 4.69) is 82.5 Å². The van der Waals surface area contributed by atoms with Crippen molar-refractivity contribution >= 4 is 45.4 Å². The molecule has 0 saturated heterocycles. The van der Waals surface area contributed by atoms with Crippen LogP contribution in [0.15, 0.2) is 53.5 Å². The summed E-state index contributed by atoms with van der Waals surface area (Å²) in [5, 5.41) is 1.25. The standard InChI is InChI=1S/C17H15IN2/c1-12-16(11-19-14-7-5-6-13(18)10-14)15-8-3-4-9-17(15)20(12)2/h3-11H,1-2H3. The van der Waals surface area contributed by atoms with Crippen LogP contribution in [0.25, 0.3) is 10.9 Å². The molecule has 100 valence electrons. The van der Waals surface area contributed by atoms with E-state index in [-0.39, 0.29) is 0 Å². The molecule has 0 unspecified atom stereocenters. The molecule has 0 aliphatic heterocycles. The number of halogens is 1. The number of fused-ring (bicyclic) bond motifs is 1. The summed E-state index contributed by atoms with van der Waals surface area (Å²) in [6.45, 7) is 2.14. The zero-order chi connectivity index (χ0) is 14.1. The van der Waals surface area contributed by atoms with Gasteiger partial charge in [0.2, 0.25) is 0 Å². The maximum absolute atomic E-state index is 4.62. The Morgan fingerprint density at radius 3 is 2.70 bits per heavy atom. The fraction of sp³-hybridized carbons (Fsp3) is 0.118. The van der Waals surface area contributed by atoms with E-state index in [1.807, 2.05) is 18.3 Å². The highest BCUT2D eigenvalue weighted by atomic mass is 127. The molecule has 0 atom stereocenters. The molecule has 3 aromatic rings. The number of nitrogens with zero attached hydrogens (tertiary/aromatic N) is 2. The molecule has 0 amide bonds. The lowest BCUT2D eigenvalue weighted by Crippen LogP contribution is -1.91. The smallest absolute Gasteiger partial charge is 0.0640 e. The van der Waals surface area contributed by atoms with Gasteiger partial charge in [-0.2, -0.15) is 0 Å². The molecule has 3 heteroatoms. The summed E-state index contributed by atoms with van der Waals surface area (Å²) in [6, 6.07) is 16.7. The fourth-order valence-electron chi connectivity index (χ4n) is 2.41. The van der Waals surface area contributed by atoms with Gasteiger partial charge < -0.3 is 4.57 Å². The predicted octanol–water partition coefficient (Wildman–Crippen LogP) is 4.84. The first-order valence-electron chi connectivity index (χ1n) is 6.50. The second-order valence-corrected chi connectivity index (χ2v) is 6.06. The van der Waals surface area contributed by atoms with Crippen LogP contribution in [0.1, 0.15) is 11.3 Å². The van der Waals surface area contributed by atoms with Crippen molar-refractivity contribution in [1.82, 2.24) is 4.57 Å². The molecule has 2 aromatic carbocycles. The Bertz CT molecular complexity index is 800. The van der Waals surface area contributed by atoms with Gasteiger partial charge in [0.1, 0.15) is 0 Å². The van der Waals surface area contributed by atoms with Crippen LogP contribution in [0.5, 0.6) is 0 Å². The topological polar surface area (TPSA) is 17.3 Å². The fourth-order valence-corrected chi connectivity index (χ4v) is 2.94. The molecule has 1 heterocycles. The molecule has 0 aliphatic carbocycles. The van der Waals surface area contributed by atoms with Crippen molar-refractivity contribution in [3.8, 4) is 0 Å². The number of benzene rings is 2. The van der Waals surface area contributed by atoms with Crippen LogP contribution in [0.2, 0.25) is 0 Å². The number of para-hydroxylation sites is 1. The molecule has 0 aliphatic rings. The van der Waals surface area contributed by atoms with Gasteiger partial charge in [0.05, 0.1) is 5.69 Å². The SMILES string of the molecule is Cc1c(C=Nc2cccc(I)c2)c2ccccc2n1C. The molecule has 2 nitrogen and oxygen atoms in total. The maximum atomic E-state index is 4.62. The van der Waals surface area contributed by atoms with E-state index >= 15 is 0 Å². The predicted molar refractivity (Wildman–Crippen MR) is 94.1 cm³/mol. The van der Waals surface area contributed by atoms with E-state index < -0.39 is 0 Å². The summed E-state index contributed by atoms with van der Waals surface area (Å²) < 4.78 is 3.41. The van der Waals surface area contributed by atoms with Crippen molar-refractivity contribution in [2.24, 2.45) is 12.0 Å². The van der Waals surface area contributed by atoms with Crippen molar-refractivity contribution in [2.75, 3.05) is 0 Å². The first kappa shape index (κ1) is 13.4. The monoisotopic (exact) mass is 374 g/mol. The molecule has 20 heavy (non-hydrogen) atoms. The zero-order valence-corrected chi connectivity index (χ0v) is 13.6. The Labute approximate surface area is 132 Å². The minimum absolute atomic E-state index is 0.990. The van der Waals surface area contributed by atoms with Crippen LogP contribution in [0.3, 0.4) is 0 Å². The lowest BCUT2D eigenvalue weighted by molar-refractivity contribution is 0.917. The van der Waals surface area contributed by atoms with E-state index in [1.54, 1.807) is 0 Å². The van der Waals surface area contributed by atoms with Crippen LogP contribution in [0.4, 0.5) is 5.69 Å². The van der Waals surface area contributed by atoms with Gasteiger partial charge in [-0.3, -0.25) is 4.99 Å². The number of hydrogen-bond acceptors (Lipinski definition) is 1. The molecule has 1 aromatic heterocycles. The third-order valence-electron chi connectivity index (χ3n) is 3.60. The van der Waals surface area contributed by atoms with Gasteiger partial charge in [0, 0.05) is 39.0 Å². The van der Waals surface area contributed by atoms with E-state index in [1.165, 1.54) is 25.7 Å². The number of aliphatic imine (C=N–C) groups is 1. The Hall–Kier alpha value is -1.62. The van der Waals surface area contributed by atoms with Crippen molar-refractivity contribution in [2.45, 2.75) is 6.92 Å². The Morgan fingerprint density at radius 1 is 1.10 bits per heavy atom. The molecule has 0 radical (unpaired) electrons. The van der Waals surface area contributed by atoms with Gasteiger partial charge in [0.15, 0.2) is 0 Å². The number of hydrogen-bond donors (Lipinski definition) is 0. The third kappa shape index (κ3) is 2.38. The normalized spacial score (nSPS) is 11.6. The second kappa shape index (κ2) is 5.40. The average Bonchev–Trinajstić information content (AvgIpc) is 2.70. The first-order valence-corrected chi connectivity index (χ1v) is 7.58. The van der Waals surface area contributed by atoms with Crippen LogP contribution in [0, 0.1) is 10.5 Å². The lowest BCUT2D eigenvalue weighted by Gasteiger charge is -1.98. The minimum Gasteiger partial charge on any atom is -0.347 e. The van der Waals surface area contributed by atoms with Crippen molar-refractivity contribution in [3.63, 3.8) is 0 Å². The molecule has 0 spiro atoms. The average molecular weight is 374 g/mol. The van der Waals surface area contributed by atoms with Gasteiger partial charge in [-0.1, -0.05) is 24.3 Å². The quantitative estimate of drug-likeness (QED) is 0.451. The molecule has 0 bridgehead atoms. The Balaban J connectivity index is 2.09. The van der Waals surface area contributed by atoms with Crippen LogP contribution in [-0.4, -0.2) is 10.8 Å². The highest BCUT2D eigenvalue weighted by Gasteiger charge is 2.08. The molecule has 3 rings (SSSR count).